The molecule has 1 saturated heterocycles. The number of aliphatic hydroxyl groups is 1. The Labute approximate surface area is 326 Å². The number of rotatable bonds is 12. The fraction of sp³-hybridized carbons (Fsp3) is 0.395. The highest BCUT2D eigenvalue weighted by molar-refractivity contribution is 5.86. The molecule has 0 radical (unpaired) electrons. The van der Waals surface area contributed by atoms with Crippen LogP contribution >= 0.6 is 0 Å². The first kappa shape index (κ1) is 38.5. The summed E-state index contributed by atoms with van der Waals surface area (Å²) in [6.45, 7) is 4.20. The molecule has 4 unspecified atom stereocenters. The number of carbonyl (C=O) groups is 3. The fourth-order valence-corrected chi connectivity index (χ4v) is 8.07. The van der Waals surface area contributed by atoms with Crippen LogP contribution in [0.25, 0.3) is 33.6 Å². The van der Waals surface area contributed by atoms with Crippen LogP contribution in [0.5, 0.6) is 0 Å². The van der Waals surface area contributed by atoms with Gasteiger partial charge < -0.3 is 35.3 Å². The van der Waals surface area contributed by atoms with E-state index in [0.29, 0.717) is 6.54 Å². The molecule has 2 aliphatic rings. The van der Waals surface area contributed by atoms with Crippen LogP contribution in [-0.2, 0) is 14.3 Å². The molecule has 7 rings (SSSR count). The number of hydrogen-bond acceptors (Lipinski definition) is 8. The van der Waals surface area contributed by atoms with E-state index in [4.69, 9.17) is 9.72 Å². The van der Waals surface area contributed by atoms with Crippen molar-refractivity contribution in [1.82, 2.24) is 40.5 Å². The summed E-state index contributed by atoms with van der Waals surface area (Å²) in [7, 11) is 1.29. The van der Waals surface area contributed by atoms with Crippen molar-refractivity contribution in [2.75, 3.05) is 20.3 Å². The molecule has 1 saturated carbocycles. The van der Waals surface area contributed by atoms with E-state index in [1.165, 1.54) is 7.11 Å². The van der Waals surface area contributed by atoms with Crippen LogP contribution in [0.2, 0.25) is 0 Å². The van der Waals surface area contributed by atoms with Crippen LogP contribution in [0.1, 0.15) is 87.6 Å². The van der Waals surface area contributed by atoms with Gasteiger partial charge in [-0.05, 0) is 65.5 Å². The van der Waals surface area contributed by atoms with E-state index in [1.54, 1.807) is 18.5 Å². The zero-order valence-electron chi connectivity index (χ0n) is 32.1. The van der Waals surface area contributed by atoms with Crippen LogP contribution in [0.4, 0.5) is 4.79 Å². The number of likely N-dealkylation sites (tertiary alicyclic amines) is 1. The van der Waals surface area contributed by atoms with Crippen molar-refractivity contribution in [3.05, 3.63) is 103 Å². The van der Waals surface area contributed by atoms with Gasteiger partial charge in [-0.2, -0.15) is 0 Å². The first-order valence-corrected chi connectivity index (χ1v) is 19.5. The van der Waals surface area contributed by atoms with Crippen molar-refractivity contribution in [2.45, 2.75) is 76.4 Å². The van der Waals surface area contributed by atoms with Gasteiger partial charge in [-0.1, -0.05) is 81.3 Å². The second-order valence-electron chi connectivity index (χ2n) is 15.1. The minimum Gasteiger partial charge on any atom is -0.453 e. The monoisotopic (exact) mass is 758 g/mol. The van der Waals surface area contributed by atoms with E-state index < -0.39 is 18.2 Å². The van der Waals surface area contributed by atoms with E-state index in [1.807, 2.05) is 37.2 Å². The molecule has 1 aliphatic heterocycles. The van der Waals surface area contributed by atoms with E-state index in [-0.39, 0.29) is 42.2 Å². The number of nitrogens with zero attached hydrogens (tertiary/aromatic N) is 4. The smallest absolute Gasteiger partial charge is 0.407 e. The number of aromatic amines is 2. The van der Waals surface area contributed by atoms with Crippen molar-refractivity contribution in [3.63, 3.8) is 0 Å². The highest BCUT2D eigenvalue weighted by Crippen LogP contribution is 2.38. The average molecular weight is 759 g/mol. The summed E-state index contributed by atoms with van der Waals surface area (Å²) < 4.78 is 4.76. The summed E-state index contributed by atoms with van der Waals surface area (Å²) in [5.41, 5.74) is 6.66. The Morgan fingerprint density at radius 3 is 2.05 bits per heavy atom. The number of nitrogens with one attached hydrogen (secondary N) is 4. The Morgan fingerprint density at radius 2 is 1.45 bits per heavy atom. The molecule has 3 aromatic heterocycles. The molecule has 5 atom stereocenters. The maximum absolute atomic E-state index is 13.5. The number of H-pyrrole nitrogens is 2. The largest absolute Gasteiger partial charge is 0.453 e. The maximum atomic E-state index is 13.5. The van der Waals surface area contributed by atoms with Crippen LogP contribution in [0.3, 0.4) is 0 Å². The van der Waals surface area contributed by atoms with Crippen molar-refractivity contribution in [1.29, 1.82) is 0 Å². The lowest BCUT2D eigenvalue weighted by Gasteiger charge is -2.30. The van der Waals surface area contributed by atoms with Gasteiger partial charge in [-0.25, -0.2) is 14.8 Å². The predicted molar refractivity (Wildman–Crippen MR) is 212 cm³/mol. The Balaban J connectivity index is 0.995. The van der Waals surface area contributed by atoms with Gasteiger partial charge >= 0.3 is 6.09 Å². The fourth-order valence-electron chi connectivity index (χ4n) is 8.07. The van der Waals surface area contributed by atoms with Gasteiger partial charge in [0.1, 0.15) is 17.7 Å². The van der Waals surface area contributed by atoms with E-state index in [0.717, 1.165) is 89.4 Å². The highest BCUT2D eigenvalue weighted by Gasteiger charge is 2.38. The second-order valence-corrected chi connectivity index (χ2v) is 15.1. The topological polar surface area (TPSA) is 178 Å². The molecular weight excluding hydrogens is 709 g/mol. The van der Waals surface area contributed by atoms with Gasteiger partial charge in [0.25, 0.3) is 0 Å². The van der Waals surface area contributed by atoms with Crippen LogP contribution in [-0.4, -0.2) is 79.1 Å². The molecule has 5 aromatic rings. The Hall–Kier alpha value is -5.82. The standard InChI is InChI=1S/C43H50N8O5/c1-26(2)38(50-43(55)56-3)42(54)51-21-7-11-37(51)40-46-24-35(48-40)30-18-14-28(15-19-30)27-12-16-29(17-13-27)34-23-45-39(47-34)32-9-4-5-10-33(32)41(53)49-36(25-52)31-8-6-20-44-22-31/h6,8,12-20,22-24,26,32-33,36-38,52H,4-5,7,9-11,21,25H2,1-3H3,(H,45,47)(H,46,48)(H,49,53)(H,50,55)/t32-,33?,36?,37?,38?/m1/s1. The normalized spacial score (nSPS) is 19.4. The summed E-state index contributed by atoms with van der Waals surface area (Å²) in [4.78, 5) is 61.3. The van der Waals surface area contributed by atoms with E-state index >= 15 is 0 Å². The third-order valence-corrected chi connectivity index (χ3v) is 11.2. The molecule has 0 bridgehead atoms. The zero-order chi connectivity index (χ0) is 39.2. The number of alkyl carbamates (subject to hydrolysis) is 1. The molecule has 3 amide bonds. The Morgan fingerprint density at radius 1 is 0.821 bits per heavy atom. The van der Waals surface area contributed by atoms with Gasteiger partial charge in [0.2, 0.25) is 11.8 Å². The number of aromatic nitrogens is 5. The number of pyridine rings is 1. The van der Waals surface area contributed by atoms with Crippen molar-refractivity contribution in [3.8, 4) is 33.6 Å². The lowest BCUT2D eigenvalue weighted by Crippen LogP contribution is -2.51. The Bertz CT molecular complexity index is 2100. The molecule has 5 N–H and O–H groups in total. The van der Waals surface area contributed by atoms with Crippen molar-refractivity contribution >= 4 is 17.9 Å². The first-order valence-electron chi connectivity index (χ1n) is 19.5. The molecule has 13 nitrogen and oxygen atoms in total. The van der Waals surface area contributed by atoms with Gasteiger partial charge in [-0.3, -0.25) is 14.6 Å². The summed E-state index contributed by atoms with van der Waals surface area (Å²) >= 11 is 0. The van der Waals surface area contributed by atoms with E-state index in [2.05, 4.69) is 79.1 Å². The summed E-state index contributed by atoms with van der Waals surface area (Å²) in [5, 5.41) is 15.8. The number of benzene rings is 2. The number of amides is 3. The molecule has 1 aliphatic carbocycles. The first-order chi connectivity index (χ1) is 27.2. The van der Waals surface area contributed by atoms with Gasteiger partial charge in [0.05, 0.1) is 49.6 Å². The molecule has 4 heterocycles. The SMILES string of the molecule is COC(=O)NC(C(=O)N1CCCC1c1ncc(-c2ccc(-c3ccc(-c4cnc([C@@H]5CCCCC5C(=O)NC(CO)c5cccnc5)[nH]4)cc3)cc2)[nH]1)C(C)C. The Kier molecular flexibility index (Phi) is 11.9. The molecule has 2 aromatic carbocycles. The lowest BCUT2D eigenvalue weighted by molar-refractivity contribution is -0.135. The van der Waals surface area contributed by atoms with Crippen LogP contribution < -0.4 is 10.6 Å². The van der Waals surface area contributed by atoms with Crippen LogP contribution in [0, 0.1) is 11.8 Å². The van der Waals surface area contributed by atoms with Crippen molar-refractivity contribution < 1.29 is 24.2 Å². The van der Waals surface area contributed by atoms with Gasteiger partial charge in [0.15, 0.2) is 0 Å². The lowest BCUT2D eigenvalue weighted by atomic mass is 9.78. The van der Waals surface area contributed by atoms with Gasteiger partial charge in [0, 0.05) is 30.8 Å². The summed E-state index contributed by atoms with van der Waals surface area (Å²) in [6.07, 6.45) is 11.6. The zero-order valence-corrected chi connectivity index (χ0v) is 32.1. The predicted octanol–water partition coefficient (Wildman–Crippen LogP) is 6.70. The molecule has 56 heavy (non-hydrogen) atoms. The van der Waals surface area contributed by atoms with Crippen molar-refractivity contribution in [2.24, 2.45) is 11.8 Å². The number of ether oxygens (including phenoxy) is 1. The number of hydrogen-bond donors (Lipinski definition) is 5. The number of imidazole rings is 2. The second kappa shape index (κ2) is 17.3. The average Bonchev–Trinajstić information content (AvgIpc) is 4.04. The molecule has 2 fully saturated rings. The maximum Gasteiger partial charge on any atom is 0.407 e. The molecule has 0 spiro atoms. The minimum absolute atomic E-state index is 0.0401. The summed E-state index contributed by atoms with van der Waals surface area (Å²) in [5.74, 6) is 0.946. The van der Waals surface area contributed by atoms with E-state index in [9.17, 15) is 19.5 Å². The molecule has 13 heteroatoms. The van der Waals surface area contributed by atoms with Gasteiger partial charge in [-0.15, -0.1) is 0 Å². The van der Waals surface area contributed by atoms with Crippen LogP contribution in [0.15, 0.2) is 85.5 Å². The number of aliphatic hydroxyl groups excluding tert-OH is 1. The number of carbonyl (C=O) groups excluding carboxylic acids is 3. The molecular formula is C43H50N8O5. The summed E-state index contributed by atoms with van der Waals surface area (Å²) in [6, 6.07) is 18.9. The third-order valence-electron chi connectivity index (χ3n) is 11.2. The number of methoxy groups -OCH3 is 1. The minimum atomic E-state index is -0.684. The highest BCUT2D eigenvalue weighted by atomic mass is 16.5. The molecule has 292 valence electrons. The quantitative estimate of drug-likeness (QED) is 0.0934. The third kappa shape index (κ3) is 8.37.